The summed E-state index contributed by atoms with van der Waals surface area (Å²) in [5.74, 6) is 0. The van der Waals surface area contributed by atoms with E-state index in [9.17, 15) is 0 Å². The average Bonchev–Trinajstić information content (AvgIpc) is 2.40. The van der Waals surface area contributed by atoms with Crippen LogP contribution in [0.4, 0.5) is 0 Å². The third kappa shape index (κ3) is 6.22. The first-order chi connectivity index (χ1) is 9.17. The Balaban J connectivity index is 2.61. The van der Waals surface area contributed by atoms with Crippen molar-refractivity contribution in [3.8, 4) is 0 Å². The molecule has 0 amide bonds. The molecule has 2 heteroatoms. The van der Waals surface area contributed by atoms with Crippen LogP contribution in [0.15, 0.2) is 18.2 Å². The fraction of sp³-hybridized carbons (Fsp3) is 0.647. The number of hydrogen-bond acceptors (Lipinski definition) is 2. The lowest BCUT2D eigenvalue weighted by atomic mass is 9.97. The molecule has 19 heavy (non-hydrogen) atoms. The normalized spacial score (nSPS) is 12.6. The van der Waals surface area contributed by atoms with Gasteiger partial charge in [0.2, 0.25) is 0 Å². The molecule has 0 fully saturated rings. The van der Waals surface area contributed by atoms with Crippen molar-refractivity contribution in [1.82, 2.24) is 5.32 Å². The van der Waals surface area contributed by atoms with E-state index >= 15 is 0 Å². The minimum atomic E-state index is 0.520. The molecule has 0 heterocycles. The van der Waals surface area contributed by atoms with E-state index in [1.165, 1.54) is 23.1 Å². The van der Waals surface area contributed by atoms with Gasteiger partial charge in [-0.2, -0.15) is 0 Å². The van der Waals surface area contributed by atoms with Crippen LogP contribution in [-0.2, 0) is 11.2 Å². The van der Waals surface area contributed by atoms with Gasteiger partial charge in [-0.15, -0.1) is 0 Å². The van der Waals surface area contributed by atoms with Gasteiger partial charge in [-0.3, -0.25) is 0 Å². The van der Waals surface area contributed by atoms with E-state index in [1.807, 2.05) is 0 Å². The molecule has 0 aliphatic heterocycles. The minimum Gasteiger partial charge on any atom is -0.382 e. The lowest BCUT2D eigenvalue weighted by Gasteiger charge is -2.20. The summed E-state index contributed by atoms with van der Waals surface area (Å²) >= 11 is 0. The van der Waals surface area contributed by atoms with Crippen molar-refractivity contribution in [1.29, 1.82) is 0 Å². The Morgan fingerprint density at radius 1 is 1.21 bits per heavy atom. The van der Waals surface area contributed by atoms with Crippen LogP contribution < -0.4 is 5.32 Å². The van der Waals surface area contributed by atoms with E-state index in [-0.39, 0.29) is 0 Å². The second-order valence-corrected chi connectivity index (χ2v) is 5.27. The molecule has 0 saturated heterocycles. The highest BCUT2D eigenvalue weighted by Gasteiger charge is 2.10. The Labute approximate surface area is 118 Å². The fourth-order valence-corrected chi connectivity index (χ4v) is 2.28. The van der Waals surface area contributed by atoms with Gasteiger partial charge in [-0.25, -0.2) is 0 Å². The Hall–Kier alpha value is -0.860. The summed E-state index contributed by atoms with van der Waals surface area (Å²) in [6.45, 7) is 11.4. The average molecular weight is 263 g/mol. The van der Waals surface area contributed by atoms with E-state index in [2.05, 4.69) is 51.2 Å². The minimum absolute atomic E-state index is 0.520. The molecule has 1 unspecified atom stereocenters. The molecule has 0 aromatic heterocycles. The molecular weight excluding hydrogens is 234 g/mol. The third-order valence-electron chi connectivity index (χ3n) is 3.47. The number of benzene rings is 1. The van der Waals surface area contributed by atoms with Gasteiger partial charge in [-0.05, 0) is 57.7 Å². The molecule has 2 nitrogen and oxygen atoms in total. The molecule has 108 valence electrons. The fourth-order valence-electron chi connectivity index (χ4n) is 2.28. The number of rotatable bonds is 9. The van der Waals surface area contributed by atoms with Crippen LogP contribution in [0.5, 0.6) is 0 Å². The molecule has 0 radical (unpaired) electrons. The smallest absolute Gasteiger partial charge is 0.0480 e. The monoisotopic (exact) mass is 263 g/mol. The van der Waals surface area contributed by atoms with Gasteiger partial charge >= 0.3 is 0 Å². The SMILES string of the molecule is CCCNC(CCOCC)Cc1cc(C)ccc1C. The van der Waals surface area contributed by atoms with Crippen LogP contribution in [0.3, 0.4) is 0 Å². The third-order valence-corrected chi connectivity index (χ3v) is 3.47. The summed E-state index contributed by atoms with van der Waals surface area (Å²) in [4.78, 5) is 0. The molecule has 1 aromatic carbocycles. The summed E-state index contributed by atoms with van der Waals surface area (Å²) in [5.41, 5.74) is 4.20. The van der Waals surface area contributed by atoms with Gasteiger partial charge in [-0.1, -0.05) is 30.7 Å². The van der Waals surface area contributed by atoms with Gasteiger partial charge < -0.3 is 10.1 Å². The van der Waals surface area contributed by atoms with Crippen LogP contribution in [0.1, 0.15) is 43.4 Å². The summed E-state index contributed by atoms with van der Waals surface area (Å²) in [6.07, 6.45) is 3.36. The molecule has 0 aliphatic rings. The second kappa shape index (κ2) is 9.11. The Bertz CT molecular complexity index is 362. The predicted octanol–water partition coefficient (Wildman–Crippen LogP) is 3.64. The summed E-state index contributed by atoms with van der Waals surface area (Å²) in [5, 5.41) is 3.64. The first-order valence-corrected chi connectivity index (χ1v) is 7.54. The standard InChI is InChI=1S/C17H29NO/c1-5-10-18-17(9-11-19-6-2)13-16-12-14(3)7-8-15(16)4/h7-8,12,17-18H,5-6,9-11,13H2,1-4H3. The van der Waals surface area contributed by atoms with Gasteiger partial charge in [0.15, 0.2) is 0 Å². The summed E-state index contributed by atoms with van der Waals surface area (Å²) < 4.78 is 5.50. The van der Waals surface area contributed by atoms with Gasteiger partial charge in [0.05, 0.1) is 0 Å². The molecule has 0 bridgehead atoms. The van der Waals surface area contributed by atoms with Crippen LogP contribution in [-0.4, -0.2) is 25.8 Å². The zero-order valence-electron chi connectivity index (χ0n) is 13.0. The van der Waals surface area contributed by atoms with Crippen molar-refractivity contribution in [2.24, 2.45) is 0 Å². The topological polar surface area (TPSA) is 21.3 Å². The van der Waals surface area contributed by atoms with E-state index < -0.39 is 0 Å². The molecule has 1 atom stereocenters. The number of ether oxygens (including phenoxy) is 1. The summed E-state index contributed by atoms with van der Waals surface area (Å²) in [7, 11) is 0. The molecule has 1 N–H and O–H groups in total. The van der Waals surface area contributed by atoms with Crippen LogP contribution in [0.25, 0.3) is 0 Å². The zero-order chi connectivity index (χ0) is 14.1. The summed E-state index contributed by atoms with van der Waals surface area (Å²) in [6, 6.07) is 7.25. The highest BCUT2D eigenvalue weighted by molar-refractivity contribution is 5.31. The van der Waals surface area contributed by atoms with Crippen molar-refractivity contribution < 1.29 is 4.74 Å². The van der Waals surface area contributed by atoms with Crippen LogP contribution >= 0.6 is 0 Å². The van der Waals surface area contributed by atoms with Crippen molar-refractivity contribution in [3.63, 3.8) is 0 Å². The number of nitrogens with one attached hydrogen (secondary N) is 1. The maximum atomic E-state index is 5.50. The van der Waals surface area contributed by atoms with Gasteiger partial charge in [0.1, 0.15) is 0 Å². The van der Waals surface area contributed by atoms with Crippen molar-refractivity contribution >= 4 is 0 Å². The molecule has 1 aromatic rings. The quantitative estimate of drug-likeness (QED) is 0.687. The highest BCUT2D eigenvalue weighted by Crippen LogP contribution is 2.14. The maximum Gasteiger partial charge on any atom is 0.0480 e. The first-order valence-electron chi connectivity index (χ1n) is 7.54. The largest absolute Gasteiger partial charge is 0.382 e. The molecule has 0 spiro atoms. The maximum absolute atomic E-state index is 5.50. The zero-order valence-corrected chi connectivity index (χ0v) is 13.0. The van der Waals surface area contributed by atoms with E-state index in [0.29, 0.717) is 6.04 Å². The van der Waals surface area contributed by atoms with Crippen LogP contribution in [0.2, 0.25) is 0 Å². The first kappa shape index (κ1) is 16.2. The highest BCUT2D eigenvalue weighted by atomic mass is 16.5. The Kier molecular flexibility index (Phi) is 7.76. The van der Waals surface area contributed by atoms with Crippen molar-refractivity contribution in [2.45, 2.75) is 53.0 Å². The lowest BCUT2D eigenvalue weighted by Crippen LogP contribution is -2.33. The van der Waals surface area contributed by atoms with E-state index in [1.54, 1.807) is 0 Å². The Morgan fingerprint density at radius 3 is 2.68 bits per heavy atom. The van der Waals surface area contributed by atoms with E-state index in [4.69, 9.17) is 4.74 Å². The number of aryl methyl sites for hydroxylation is 2. The Morgan fingerprint density at radius 2 is 2.00 bits per heavy atom. The second-order valence-electron chi connectivity index (χ2n) is 5.27. The predicted molar refractivity (Wildman–Crippen MR) is 82.8 cm³/mol. The molecule has 0 saturated carbocycles. The van der Waals surface area contributed by atoms with Gasteiger partial charge in [0.25, 0.3) is 0 Å². The van der Waals surface area contributed by atoms with Crippen LogP contribution in [0, 0.1) is 13.8 Å². The molecular formula is C17H29NO. The molecule has 0 aliphatic carbocycles. The number of hydrogen-bond donors (Lipinski definition) is 1. The van der Waals surface area contributed by atoms with Crippen molar-refractivity contribution in [2.75, 3.05) is 19.8 Å². The molecule has 1 rings (SSSR count). The van der Waals surface area contributed by atoms with Crippen molar-refractivity contribution in [3.05, 3.63) is 34.9 Å². The lowest BCUT2D eigenvalue weighted by molar-refractivity contribution is 0.136. The van der Waals surface area contributed by atoms with Gasteiger partial charge in [0, 0.05) is 19.3 Å². The van der Waals surface area contributed by atoms with E-state index in [0.717, 1.165) is 32.6 Å².